The molecule has 2 aliphatic rings. The molecule has 3 unspecified atom stereocenters. The minimum Gasteiger partial charge on any atom is -0.329 e. The van der Waals surface area contributed by atoms with E-state index in [1.165, 1.54) is 51.6 Å². The number of nitrogens with zero attached hydrogens (tertiary/aromatic N) is 1. The van der Waals surface area contributed by atoms with E-state index in [1.807, 2.05) is 0 Å². The molecule has 0 radical (unpaired) electrons. The van der Waals surface area contributed by atoms with Crippen molar-refractivity contribution in [1.29, 1.82) is 0 Å². The molecule has 0 bridgehead atoms. The molecule has 0 aromatic rings. The van der Waals surface area contributed by atoms with Crippen molar-refractivity contribution < 1.29 is 0 Å². The molecule has 2 rings (SSSR count). The molecule has 0 spiro atoms. The molecule has 1 saturated heterocycles. The van der Waals surface area contributed by atoms with Crippen LogP contribution in [0.25, 0.3) is 0 Å². The normalized spacial score (nSPS) is 39.2. The van der Waals surface area contributed by atoms with Crippen LogP contribution in [0.2, 0.25) is 0 Å². The van der Waals surface area contributed by atoms with Crippen LogP contribution >= 0.6 is 0 Å². The van der Waals surface area contributed by atoms with Crippen molar-refractivity contribution in [3.05, 3.63) is 0 Å². The fourth-order valence-electron chi connectivity index (χ4n) is 4.57. The quantitative estimate of drug-likeness (QED) is 0.835. The molecule has 1 heterocycles. The highest BCUT2D eigenvalue weighted by Gasteiger charge is 2.46. The smallest absolute Gasteiger partial charge is 0.0362 e. The molecule has 2 fully saturated rings. The van der Waals surface area contributed by atoms with E-state index in [0.29, 0.717) is 5.54 Å². The van der Waals surface area contributed by atoms with Gasteiger partial charge in [-0.15, -0.1) is 0 Å². The molecular formula is C16H32N2. The SMILES string of the molecule is CC1CCCN(C2(CN)CCCCC2C(C)C)C1. The number of nitrogens with two attached hydrogens (primary N) is 1. The number of hydrogen-bond donors (Lipinski definition) is 1. The maximum Gasteiger partial charge on any atom is 0.0362 e. The van der Waals surface area contributed by atoms with Crippen molar-refractivity contribution >= 4 is 0 Å². The van der Waals surface area contributed by atoms with Crippen molar-refractivity contribution in [2.24, 2.45) is 23.5 Å². The summed E-state index contributed by atoms with van der Waals surface area (Å²) in [5, 5.41) is 0. The van der Waals surface area contributed by atoms with Crippen LogP contribution < -0.4 is 5.73 Å². The molecule has 0 aromatic heterocycles. The summed E-state index contributed by atoms with van der Waals surface area (Å²) in [5.41, 5.74) is 6.62. The molecule has 0 amide bonds. The molecule has 2 N–H and O–H groups in total. The fraction of sp³-hybridized carbons (Fsp3) is 1.00. The Morgan fingerprint density at radius 3 is 2.61 bits per heavy atom. The number of rotatable bonds is 3. The Morgan fingerprint density at radius 2 is 2.00 bits per heavy atom. The standard InChI is InChI=1S/C16H32N2/c1-13(2)15-8-4-5-9-16(15,12-17)18-10-6-7-14(3)11-18/h13-15H,4-12,17H2,1-3H3. The Balaban J connectivity index is 2.20. The second-order valence-electron chi connectivity index (χ2n) is 7.10. The van der Waals surface area contributed by atoms with Gasteiger partial charge in [0.2, 0.25) is 0 Å². The molecule has 0 aromatic carbocycles. The third-order valence-electron chi connectivity index (χ3n) is 5.51. The highest BCUT2D eigenvalue weighted by Crippen LogP contribution is 2.43. The first-order chi connectivity index (χ1) is 8.60. The van der Waals surface area contributed by atoms with Gasteiger partial charge >= 0.3 is 0 Å². The van der Waals surface area contributed by atoms with E-state index in [4.69, 9.17) is 5.73 Å². The Hall–Kier alpha value is -0.0800. The summed E-state index contributed by atoms with van der Waals surface area (Å²) in [7, 11) is 0. The third-order valence-corrected chi connectivity index (χ3v) is 5.51. The second-order valence-corrected chi connectivity index (χ2v) is 7.10. The number of likely N-dealkylation sites (tertiary alicyclic amines) is 1. The molecule has 2 nitrogen and oxygen atoms in total. The van der Waals surface area contributed by atoms with Crippen LogP contribution in [0, 0.1) is 17.8 Å². The van der Waals surface area contributed by atoms with Crippen molar-refractivity contribution in [3.8, 4) is 0 Å². The van der Waals surface area contributed by atoms with Gasteiger partial charge in [0.15, 0.2) is 0 Å². The Morgan fingerprint density at radius 1 is 1.22 bits per heavy atom. The van der Waals surface area contributed by atoms with Crippen LogP contribution in [0.5, 0.6) is 0 Å². The largest absolute Gasteiger partial charge is 0.329 e. The summed E-state index contributed by atoms with van der Waals surface area (Å²) in [6.45, 7) is 10.6. The molecule has 2 heteroatoms. The van der Waals surface area contributed by atoms with Crippen LogP contribution in [-0.4, -0.2) is 30.1 Å². The summed E-state index contributed by atoms with van der Waals surface area (Å²) in [4.78, 5) is 2.78. The topological polar surface area (TPSA) is 29.3 Å². The predicted octanol–water partition coefficient (Wildman–Crippen LogP) is 3.26. The zero-order valence-corrected chi connectivity index (χ0v) is 12.6. The number of hydrogen-bond acceptors (Lipinski definition) is 2. The van der Waals surface area contributed by atoms with Crippen molar-refractivity contribution in [3.63, 3.8) is 0 Å². The van der Waals surface area contributed by atoms with E-state index < -0.39 is 0 Å². The molecule has 1 aliphatic heterocycles. The summed E-state index contributed by atoms with van der Waals surface area (Å²) in [6, 6.07) is 0. The summed E-state index contributed by atoms with van der Waals surface area (Å²) in [6.07, 6.45) is 8.29. The van der Waals surface area contributed by atoms with Gasteiger partial charge in [-0.25, -0.2) is 0 Å². The molecule has 1 saturated carbocycles. The first-order valence-corrected chi connectivity index (χ1v) is 8.05. The van der Waals surface area contributed by atoms with Crippen LogP contribution in [0.1, 0.15) is 59.3 Å². The van der Waals surface area contributed by atoms with E-state index in [-0.39, 0.29) is 0 Å². The van der Waals surface area contributed by atoms with Crippen LogP contribution in [-0.2, 0) is 0 Å². The van der Waals surface area contributed by atoms with Crippen LogP contribution in [0.15, 0.2) is 0 Å². The lowest BCUT2D eigenvalue weighted by atomic mass is 9.66. The summed E-state index contributed by atoms with van der Waals surface area (Å²) < 4.78 is 0. The third kappa shape index (κ3) is 2.60. The highest BCUT2D eigenvalue weighted by molar-refractivity contribution is 5.02. The average Bonchev–Trinajstić information content (AvgIpc) is 2.38. The minimum absolute atomic E-state index is 0.321. The predicted molar refractivity (Wildman–Crippen MR) is 78.6 cm³/mol. The fourth-order valence-corrected chi connectivity index (χ4v) is 4.57. The van der Waals surface area contributed by atoms with Crippen LogP contribution in [0.3, 0.4) is 0 Å². The van der Waals surface area contributed by atoms with E-state index in [0.717, 1.165) is 24.3 Å². The molecular weight excluding hydrogens is 220 g/mol. The van der Waals surface area contributed by atoms with Gasteiger partial charge in [-0.2, -0.15) is 0 Å². The second kappa shape index (κ2) is 5.92. The average molecular weight is 252 g/mol. The lowest BCUT2D eigenvalue weighted by Gasteiger charge is -2.54. The highest BCUT2D eigenvalue weighted by atomic mass is 15.2. The van der Waals surface area contributed by atoms with Crippen molar-refractivity contribution in [2.45, 2.75) is 64.8 Å². The monoisotopic (exact) mass is 252 g/mol. The summed E-state index contributed by atoms with van der Waals surface area (Å²) >= 11 is 0. The zero-order chi connectivity index (χ0) is 13.2. The van der Waals surface area contributed by atoms with Gasteiger partial charge in [0.1, 0.15) is 0 Å². The zero-order valence-electron chi connectivity index (χ0n) is 12.6. The lowest BCUT2D eigenvalue weighted by Crippen LogP contribution is -2.63. The van der Waals surface area contributed by atoms with E-state index in [9.17, 15) is 0 Å². The molecule has 1 aliphatic carbocycles. The maximum atomic E-state index is 6.30. The molecule has 106 valence electrons. The van der Waals surface area contributed by atoms with Gasteiger partial charge in [-0.3, -0.25) is 4.90 Å². The lowest BCUT2D eigenvalue weighted by molar-refractivity contribution is -0.0350. The Kier molecular flexibility index (Phi) is 4.71. The van der Waals surface area contributed by atoms with Gasteiger partial charge in [0, 0.05) is 18.6 Å². The Bertz CT molecular complexity index is 264. The van der Waals surface area contributed by atoms with Gasteiger partial charge < -0.3 is 5.73 Å². The maximum absolute atomic E-state index is 6.30. The van der Waals surface area contributed by atoms with E-state index in [1.54, 1.807) is 0 Å². The minimum atomic E-state index is 0.321. The van der Waals surface area contributed by atoms with Crippen molar-refractivity contribution in [2.75, 3.05) is 19.6 Å². The summed E-state index contributed by atoms with van der Waals surface area (Å²) in [5.74, 6) is 2.43. The first kappa shape index (κ1) is 14.3. The van der Waals surface area contributed by atoms with Gasteiger partial charge in [-0.05, 0) is 50.0 Å². The van der Waals surface area contributed by atoms with Gasteiger partial charge in [0.25, 0.3) is 0 Å². The Labute approximate surface area is 113 Å². The van der Waals surface area contributed by atoms with Crippen molar-refractivity contribution in [1.82, 2.24) is 4.90 Å². The van der Waals surface area contributed by atoms with E-state index >= 15 is 0 Å². The van der Waals surface area contributed by atoms with E-state index in [2.05, 4.69) is 25.7 Å². The van der Waals surface area contributed by atoms with Gasteiger partial charge in [0.05, 0.1) is 0 Å². The molecule has 18 heavy (non-hydrogen) atoms. The molecule has 3 atom stereocenters. The van der Waals surface area contributed by atoms with Gasteiger partial charge in [-0.1, -0.05) is 33.6 Å². The first-order valence-electron chi connectivity index (χ1n) is 8.05. The number of piperidine rings is 1. The van der Waals surface area contributed by atoms with Crippen LogP contribution in [0.4, 0.5) is 0 Å².